The molecule has 3 nitrogen and oxygen atoms in total. The fourth-order valence-electron chi connectivity index (χ4n) is 1.60. The van der Waals surface area contributed by atoms with Crippen LogP contribution in [0.4, 0.5) is 0 Å². The number of fused-ring (bicyclic) bond motifs is 1. The minimum Gasteiger partial charge on any atom is -0.341 e. The Hall–Kier alpha value is -1.06. The van der Waals surface area contributed by atoms with Gasteiger partial charge in [-0.3, -0.25) is 0 Å². The number of rotatable bonds is 4. The topological polar surface area (TPSA) is 40.7 Å². The van der Waals surface area contributed by atoms with Crippen LogP contribution in [0.15, 0.2) is 18.2 Å². The van der Waals surface area contributed by atoms with Crippen LogP contribution in [0.25, 0.3) is 11.0 Å². The molecule has 2 aromatic rings. The molecule has 0 saturated heterocycles. The SMILES string of the molecule is CC(C)CNCc1nc2ccc(Cl)cc2[nH]1. The van der Waals surface area contributed by atoms with Gasteiger partial charge in [0.1, 0.15) is 5.82 Å². The monoisotopic (exact) mass is 237 g/mol. The third-order valence-electron chi connectivity index (χ3n) is 2.34. The molecule has 0 unspecified atom stereocenters. The van der Waals surface area contributed by atoms with Gasteiger partial charge in [0.15, 0.2) is 0 Å². The Morgan fingerprint density at radius 3 is 3.00 bits per heavy atom. The van der Waals surface area contributed by atoms with E-state index in [0.717, 1.165) is 35.0 Å². The molecule has 0 fully saturated rings. The minimum atomic E-state index is 0.652. The molecule has 1 aromatic heterocycles. The molecule has 1 aromatic carbocycles. The van der Waals surface area contributed by atoms with E-state index in [9.17, 15) is 0 Å². The van der Waals surface area contributed by atoms with Crippen molar-refractivity contribution in [3.63, 3.8) is 0 Å². The van der Waals surface area contributed by atoms with Crippen molar-refractivity contribution in [2.24, 2.45) is 5.92 Å². The van der Waals surface area contributed by atoms with Gasteiger partial charge < -0.3 is 10.3 Å². The summed E-state index contributed by atoms with van der Waals surface area (Å²) in [6, 6.07) is 5.69. The highest BCUT2D eigenvalue weighted by molar-refractivity contribution is 6.31. The van der Waals surface area contributed by atoms with Crippen LogP contribution in [-0.2, 0) is 6.54 Å². The van der Waals surface area contributed by atoms with Crippen LogP contribution in [0.5, 0.6) is 0 Å². The van der Waals surface area contributed by atoms with Gasteiger partial charge in [0.25, 0.3) is 0 Å². The summed E-state index contributed by atoms with van der Waals surface area (Å²) in [6.45, 7) is 6.14. The van der Waals surface area contributed by atoms with Crippen molar-refractivity contribution in [1.82, 2.24) is 15.3 Å². The summed E-state index contributed by atoms with van der Waals surface area (Å²) in [5.41, 5.74) is 1.96. The second-order valence-electron chi connectivity index (χ2n) is 4.37. The van der Waals surface area contributed by atoms with Gasteiger partial charge in [-0.15, -0.1) is 0 Å². The molecule has 0 amide bonds. The summed E-state index contributed by atoms with van der Waals surface area (Å²) in [6.07, 6.45) is 0. The molecule has 1 heterocycles. The standard InChI is InChI=1S/C12H16ClN3/c1-8(2)6-14-7-12-15-10-4-3-9(13)5-11(10)16-12/h3-5,8,14H,6-7H2,1-2H3,(H,15,16). The predicted molar refractivity (Wildman–Crippen MR) is 67.6 cm³/mol. The number of benzene rings is 1. The quantitative estimate of drug-likeness (QED) is 0.859. The Bertz CT molecular complexity index is 476. The van der Waals surface area contributed by atoms with Gasteiger partial charge in [0.2, 0.25) is 0 Å². The van der Waals surface area contributed by atoms with Crippen LogP contribution < -0.4 is 5.32 Å². The number of halogens is 1. The number of nitrogens with zero attached hydrogens (tertiary/aromatic N) is 1. The van der Waals surface area contributed by atoms with Gasteiger partial charge in [-0.05, 0) is 30.7 Å². The zero-order valence-electron chi connectivity index (χ0n) is 9.55. The lowest BCUT2D eigenvalue weighted by molar-refractivity contribution is 0.545. The van der Waals surface area contributed by atoms with E-state index in [0.29, 0.717) is 5.92 Å². The third-order valence-corrected chi connectivity index (χ3v) is 2.57. The van der Waals surface area contributed by atoms with E-state index >= 15 is 0 Å². The summed E-state index contributed by atoms with van der Waals surface area (Å²) in [7, 11) is 0. The van der Waals surface area contributed by atoms with Gasteiger partial charge in [-0.2, -0.15) is 0 Å². The van der Waals surface area contributed by atoms with E-state index in [1.54, 1.807) is 0 Å². The highest BCUT2D eigenvalue weighted by Gasteiger charge is 2.03. The van der Waals surface area contributed by atoms with Crippen molar-refractivity contribution in [2.45, 2.75) is 20.4 Å². The summed E-state index contributed by atoms with van der Waals surface area (Å²) in [5.74, 6) is 1.61. The van der Waals surface area contributed by atoms with E-state index in [1.165, 1.54) is 0 Å². The molecule has 0 saturated carbocycles. The molecule has 16 heavy (non-hydrogen) atoms. The summed E-state index contributed by atoms with van der Waals surface area (Å²) in [4.78, 5) is 7.73. The summed E-state index contributed by atoms with van der Waals surface area (Å²) < 4.78 is 0. The lowest BCUT2D eigenvalue weighted by Crippen LogP contribution is -2.19. The van der Waals surface area contributed by atoms with E-state index in [-0.39, 0.29) is 0 Å². The normalized spacial score (nSPS) is 11.5. The first-order valence-corrected chi connectivity index (χ1v) is 5.88. The Kier molecular flexibility index (Phi) is 3.46. The molecule has 4 heteroatoms. The third kappa shape index (κ3) is 2.74. The maximum absolute atomic E-state index is 5.91. The summed E-state index contributed by atoms with van der Waals surface area (Å²) >= 11 is 5.91. The van der Waals surface area contributed by atoms with Crippen molar-refractivity contribution in [3.8, 4) is 0 Å². The number of aromatic nitrogens is 2. The summed E-state index contributed by atoms with van der Waals surface area (Å²) in [5, 5.41) is 4.08. The van der Waals surface area contributed by atoms with Crippen molar-refractivity contribution in [3.05, 3.63) is 29.0 Å². The molecule has 0 spiro atoms. The second kappa shape index (κ2) is 4.85. The molecule has 2 N–H and O–H groups in total. The van der Waals surface area contributed by atoms with Crippen LogP contribution in [0.3, 0.4) is 0 Å². The van der Waals surface area contributed by atoms with Crippen LogP contribution in [0.2, 0.25) is 5.02 Å². The molecule has 0 aliphatic heterocycles. The molecule has 0 aliphatic carbocycles. The average Bonchev–Trinajstić information content (AvgIpc) is 2.58. The van der Waals surface area contributed by atoms with E-state index < -0.39 is 0 Å². The number of hydrogen-bond donors (Lipinski definition) is 2. The molecule has 86 valence electrons. The first-order valence-electron chi connectivity index (χ1n) is 5.50. The molecule has 0 atom stereocenters. The zero-order chi connectivity index (χ0) is 11.5. The highest BCUT2D eigenvalue weighted by atomic mass is 35.5. The van der Waals surface area contributed by atoms with Crippen molar-refractivity contribution in [2.75, 3.05) is 6.54 Å². The van der Waals surface area contributed by atoms with E-state index in [1.807, 2.05) is 18.2 Å². The molecule has 0 radical (unpaired) electrons. The van der Waals surface area contributed by atoms with Gasteiger partial charge in [0.05, 0.1) is 17.6 Å². The Morgan fingerprint density at radius 1 is 1.44 bits per heavy atom. The zero-order valence-corrected chi connectivity index (χ0v) is 10.3. The highest BCUT2D eigenvalue weighted by Crippen LogP contribution is 2.16. The van der Waals surface area contributed by atoms with Gasteiger partial charge in [0, 0.05) is 5.02 Å². The van der Waals surface area contributed by atoms with E-state index in [2.05, 4.69) is 29.1 Å². The largest absolute Gasteiger partial charge is 0.341 e. The van der Waals surface area contributed by atoms with Crippen molar-refractivity contribution < 1.29 is 0 Å². The van der Waals surface area contributed by atoms with Gasteiger partial charge in [-0.25, -0.2) is 4.98 Å². The van der Waals surface area contributed by atoms with Crippen molar-refractivity contribution in [1.29, 1.82) is 0 Å². The second-order valence-corrected chi connectivity index (χ2v) is 4.81. The molecule has 2 rings (SSSR count). The number of imidazole rings is 1. The van der Waals surface area contributed by atoms with Crippen LogP contribution in [0, 0.1) is 5.92 Å². The fraction of sp³-hybridized carbons (Fsp3) is 0.417. The van der Waals surface area contributed by atoms with Gasteiger partial charge in [-0.1, -0.05) is 25.4 Å². The first-order chi connectivity index (χ1) is 7.65. The maximum Gasteiger partial charge on any atom is 0.121 e. The molecule has 0 aliphatic rings. The number of aromatic amines is 1. The Balaban J connectivity index is 2.08. The Labute approximate surface area is 100 Å². The van der Waals surface area contributed by atoms with Crippen LogP contribution >= 0.6 is 11.6 Å². The van der Waals surface area contributed by atoms with Crippen molar-refractivity contribution >= 4 is 22.6 Å². The van der Waals surface area contributed by atoms with E-state index in [4.69, 9.17) is 11.6 Å². The fourth-order valence-corrected chi connectivity index (χ4v) is 1.77. The predicted octanol–water partition coefficient (Wildman–Crippen LogP) is 2.96. The minimum absolute atomic E-state index is 0.652. The van der Waals surface area contributed by atoms with Gasteiger partial charge >= 0.3 is 0 Å². The smallest absolute Gasteiger partial charge is 0.121 e. The number of hydrogen-bond acceptors (Lipinski definition) is 2. The van der Waals surface area contributed by atoms with Crippen LogP contribution in [0.1, 0.15) is 19.7 Å². The Morgan fingerprint density at radius 2 is 2.25 bits per heavy atom. The lowest BCUT2D eigenvalue weighted by Gasteiger charge is -2.04. The molecular formula is C12H16ClN3. The first kappa shape index (κ1) is 11.4. The molecule has 0 bridgehead atoms. The molecular weight excluding hydrogens is 222 g/mol. The average molecular weight is 238 g/mol. The number of nitrogens with one attached hydrogen (secondary N) is 2. The van der Waals surface area contributed by atoms with Crippen LogP contribution in [-0.4, -0.2) is 16.5 Å². The maximum atomic E-state index is 5.91. The number of H-pyrrole nitrogens is 1. The lowest BCUT2D eigenvalue weighted by atomic mass is 10.2.